The van der Waals surface area contributed by atoms with E-state index in [0.717, 1.165) is 0 Å². The van der Waals surface area contributed by atoms with Gasteiger partial charge in [0.2, 0.25) is 0 Å². The Labute approximate surface area is 266 Å². The van der Waals surface area contributed by atoms with Crippen molar-refractivity contribution in [1.29, 1.82) is 0 Å². The quantitative estimate of drug-likeness (QED) is 0.179. The van der Waals surface area contributed by atoms with Crippen LogP contribution >= 0.6 is 0 Å². The van der Waals surface area contributed by atoms with Crippen molar-refractivity contribution in [3.8, 4) is 66.8 Å². The van der Waals surface area contributed by atoms with Crippen LogP contribution in [0.25, 0.3) is 110 Å². The third-order valence-electron chi connectivity index (χ3n) is 10.5. The van der Waals surface area contributed by atoms with Gasteiger partial charge < -0.3 is 0 Å². The van der Waals surface area contributed by atoms with Crippen LogP contribution < -0.4 is 0 Å². The Morgan fingerprint density at radius 1 is 0.217 bits per heavy atom. The molecule has 210 valence electrons. The fourth-order valence-electron chi connectivity index (χ4n) is 8.35. The van der Waals surface area contributed by atoms with Crippen LogP contribution in [0.2, 0.25) is 0 Å². The third kappa shape index (κ3) is 3.23. The Balaban J connectivity index is 1.05. The van der Waals surface area contributed by atoms with E-state index in [-0.39, 0.29) is 0 Å². The molecule has 0 atom stereocenters. The van der Waals surface area contributed by atoms with E-state index in [2.05, 4.69) is 158 Å². The SMILES string of the molecule is c1cc2c3c(cccc3c1)-c1cc(-c3ccc4ccc5ccc(-c6ccc7c(c6)-c6cccc8cccc-7c68)cc5c4c3)ccc1-2. The maximum Gasteiger partial charge on any atom is -0.00264 e. The second-order valence-corrected chi connectivity index (χ2v) is 12.9. The van der Waals surface area contributed by atoms with Crippen LogP contribution in [0, 0.1) is 0 Å². The molecule has 2 aliphatic rings. The highest BCUT2D eigenvalue weighted by atomic mass is 14.3. The first kappa shape index (κ1) is 24.4. The van der Waals surface area contributed by atoms with Crippen LogP contribution in [0.4, 0.5) is 0 Å². The molecule has 0 N–H and O–H groups in total. The smallest absolute Gasteiger partial charge is 0.00264 e. The molecule has 2 aliphatic carbocycles. The first-order valence-electron chi connectivity index (χ1n) is 16.1. The lowest BCUT2D eigenvalue weighted by Crippen LogP contribution is -1.85. The highest BCUT2D eigenvalue weighted by molar-refractivity contribution is 6.17. The van der Waals surface area contributed by atoms with Gasteiger partial charge in [0.1, 0.15) is 0 Å². The Hall–Kier alpha value is -5.98. The van der Waals surface area contributed by atoms with Gasteiger partial charge in [-0.25, -0.2) is 0 Å². The van der Waals surface area contributed by atoms with E-state index in [9.17, 15) is 0 Å². The molecule has 11 rings (SSSR count). The second kappa shape index (κ2) is 8.81. The summed E-state index contributed by atoms with van der Waals surface area (Å²) in [6, 6.07) is 59.1. The molecule has 9 aromatic rings. The average molecular weight is 579 g/mol. The zero-order valence-electron chi connectivity index (χ0n) is 25.0. The molecule has 0 bridgehead atoms. The van der Waals surface area contributed by atoms with Crippen molar-refractivity contribution in [1.82, 2.24) is 0 Å². The van der Waals surface area contributed by atoms with E-state index in [1.165, 1.54) is 110 Å². The molecule has 0 heterocycles. The molecule has 0 amide bonds. The molecular weight excluding hydrogens is 553 g/mol. The Morgan fingerprint density at radius 3 is 1.00 bits per heavy atom. The van der Waals surface area contributed by atoms with Gasteiger partial charge in [-0.2, -0.15) is 0 Å². The maximum absolute atomic E-state index is 2.39. The molecule has 0 fully saturated rings. The molecule has 0 saturated heterocycles. The fourth-order valence-corrected chi connectivity index (χ4v) is 8.35. The van der Waals surface area contributed by atoms with Crippen LogP contribution in [0.15, 0.2) is 158 Å². The Kier molecular flexibility index (Phi) is 4.66. The predicted octanol–water partition coefficient (Wildman–Crippen LogP) is 12.9. The normalized spacial score (nSPS) is 12.3. The predicted molar refractivity (Wildman–Crippen MR) is 196 cm³/mol. The fraction of sp³-hybridized carbons (Fsp3) is 0. The third-order valence-corrected chi connectivity index (χ3v) is 10.5. The van der Waals surface area contributed by atoms with E-state index < -0.39 is 0 Å². The van der Waals surface area contributed by atoms with Gasteiger partial charge in [-0.1, -0.05) is 133 Å². The zero-order valence-corrected chi connectivity index (χ0v) is 25.0. The minimum atomic E-state index is 1.25. The molecule has 9 aromatic carbocycles. The van der Waals surface area contributed by atoms with Crippen LogP contribution in [0.3, 0.4) is 0 Å². The summed E-state index contributed by atoms with van der Waals surface area (Å²) in [5, 5.41) is 10.5. The van der Waals surface area contributed by atoms with Gasteiger partial charge in [-0.3, -0.25) is 0 Å². The number of rotatable bonds is 2. The summed E-state index contributed by atoms with van der Waals surface area (Å²) in [5.41, 5.74) is 15.7. The summed E-state index contributed by atoms with van der Waals surface area (Å²) in [6.45, 7) is 0. The van der Waals surface area contributed by atoms with Crippen LogP contribution in [0.1, 0.15) is 0 Å². The maximum atomic E-state index is 2.39. The van der Waals surface area contributed by atoms with Crippen molar-refractivity contribution in [3.05, 3.63) is 158 Å². The van der Waals surface area contributed by atoms with Gasteiger partial charge in [0.25, 0.3) is 0 Å². The van der Waals surface area contributed by atoms with Crippen molar-refractivity contribution in [2.24, 2.45) is 0 Å². The number of benzene rings is 9. The number of fused-ring (bicyclic) bond motifs is 9. The number of hydrogen-bond donors (Lipinski definition) is 0. The standard InChI is InChI=1S/C46H26/c1-5-29-7-3-11-39-43-25-33(19-21-35(43)37(9-1)45(29)39)31-17-15-27-13-14-28-16-18-32(24-42(28)41(27)23-31)34-20-22-36-38-10-2-6-30-8-4-12-40(46(30)38)44(36)26-34/h1-26H. The summed E-state index contributed by atoms with van der Waals surface area (Å²) in [6.07, 6.45) is 0. The lowest BCUT2D eigenvalue weighted by atomic mass is 9.92. The summed E-state index contributed by atoms with van der Waals surface area (Å²) >= 11 is 0. The lowest BCUT2D eigenvalue weighted by Gasteiger charge is -2.12. The monoisotopic (exact) mass is 578 g/mol. The first-order valence-corrected chi connectivity index (χ1v) is 16.1. The minimum absolute atomic E-state index is 1.25. The van der Waals surface area contributed by atoms with E-state index in [4.69, 9.17) is 0 Å². The largest absolute Gasteiger partial charge is 0.0610 e. The molecule has 0 radical (unpaired) electrons. The molecule has 0 unspecified atom stereocenters. The molecule has 0 nitrogen and oxygen atoms in total. The van der Waals surface area contributed by atoms with Crippen LogP contribution in [-0.4, -0.2) is 0 Å². The van der Waals surface area contributed by atoms with Gasteiger partial charge in [-0.05, 0) is 134 Å². The Morgan fingerprint density at radius 2 is 0.565 bits per heavy atom. The van der Waals surface area contributed by atoms with Crippen molar-refractivity contribution >= 4 is 43.1 Å². The molecular formula is C46H26. The van der Waals surface area contributed by atoms with E-state index in [0.29, 0.717) is 0 Å². The van der Waals surface area contributed by atoms with Gasteiger partial charge in [-0.15, -0.1) is 0 Å². The highest BCUT2D eigenvalue weighted by Crippen LogP contribution is 2.50. The van der Waals surface area contributed by atoms with Crippen molar-refractivity contribution in [3.63, 3.8) is 0 Å². The second-order valence-electron chi connectivity index (χ2n) is 12.9. The molecule has 0 saturated carbocycles. The molecule has 46 heavy (non-hydrogen) atoms. The van der Waals surface area contributed by atoms with Gasteiger partial charge >= 0.3 is 0 Å². The van der Waals surface area contributed by atoms with E-state index in [1.807, 2.05) is 0 Å². The Bertz CT molecular complexity index is 2590. The minimum Gasteiger partial charge on any atom is -0.0610 e. The van der Waals surface area contributed by atoms with Crippen molar-refractivity contribution in [2.45, 2.75) is 0 Å². The summed E-state index contributed by atoms with van der Waals surface area (Å²) in [4.78, 5) is 0. The van der Waals surface area contributed by atoms with Crippen LogP contribution in [-0.2, 0) is 0 Å². The van der Waals surface area contributed by atoms with E-state index in [1.54, 1.807) is 0 Å². The van der Waals surface area contributed by atoms with Gasteiger partial charge in [0, 0.05) is 0 Å². The summed E-state index contributed by atoms with van der Waals surface area (Å²) in [5.74, 6) is 0. The molecule has 0 heteroatoms. The molecule has 0 aliphatic heterocycles. The van der Waals surface area contributed by atoms with Crippen molar-refractivity contribution in [2.75, 3.05) is 0 Å². The van der Waals surface area contributed by atoms with Gasteiger partial charge in [0.05, 0.1) is 0 Å². The summed E-state index contributed by atoms with van der Waals surface area (Å²) < 4.78 is 0. The summed E-state index contributed by atoms with van der Waals surface area (Å²) in [7, 11) is 0. The van der Waals surface area contributed by atoms with Crippen LogP contribution in [0.5, 0.6) is 0 Å². The molecule has 0 aromatic heterocycles. The molecule has 0 spiro atoms. The lowest BCUT2D eigenvalue weighted by molar-refractivity contribution is 1.63. The highest BCUT2D eigenvalue weighted by Gasteiger charge is 2.23. The first-order chi connectivity index (χ1) is 22.8. The number of hydrogen-bond acceptors (Lipinski definition) is 0. The average Bonchev–Trinajstić information content (AvgIpc) is 3.62. The van der Waals surface area contributed by atoms with Gasteiger partial charge in [0.15, 0.2) is 0 Å². The zero-order chi connectivity index (χ0) is 29.9. The topological polar surface area (TPSA) is 0 Å². The van der Waals surface area contributed by atoms with E-state index >= 15 is 0 Å². The van der Waals surface area contributed by atoms with Crippen molar-refractivity contribution < 1.29 is 0 Å².